The summed E-state index contributed by atoms with van der Waals surface area (Å²) in [5.74, 6) is 0.813. The van der Waals surface area contributed by atoms with Gasteiger partial charge in [-0.25, -0.2) is 0 Å². The van der Waals surface area contributed by atoms with Gasteiger partial charge < -0.3 is 5.32 Å². The van der Waals surface area contributed by atoms with Gasteiger partial charge in [-0.15, -0.1) is 11.8 Å². The van der Waals surface area contributed by atoms with Crippen molar-refractivity contribution in [2.45, 2.75) is 30.0 Å². The van der Waals surface area contributed by atoms with Gasteiger partial charge in [-0.3, -0.25) is 4.79 Å². The molecule has 0 aliphatic heterocycles. The first-order valence-corrected chi connectivity index (χ1v) is 10.3. The van der Waals surface area contributed by atoms with Gasteiger partial charge >= 0.3 is 0 Å². The van der Waals surface area contributed by atoms with E-state index in [0.29, 0.717) is 5.56 Å². The van der Waals surface area contributed by atoms with Gasteiger partial charge in [0.05, 0.1) is 6.04 Å². The standard InChI is InChI=1S/C23H22ClNOS/c1-2-22(18-6-4-3-5-7-18)25-23(26)19-10-8-17(9-11-19)16-27-21-14-12-20(24)13-15-21/h3-15,22H,2,16H2,1H3,(H,25,26)/t22-/m1/s1. The molecule has 0 spiro atoms. The summed E-state index contributed by atoms with van der Waals surface area (Å²) in [4.78, 5) is 13.8. The molecule has 0 saturated carbocycles. The van der Waals surface area contributed by atoms with Crippen molar-refractivity contribution in [2.24, 2.45) is 0 Å². The molecule has 0 aromatic heterocycles. The normalized spacial score (nSPS) is 11.8. The van der Waals surface area contributed by atoms with Crippen LogP contribution in [0.5, 0.6) is 0 Å². The first-order chi connectivity index (χ1) is 13.2. The highest BCUT2D eigenvalue weighted by molar-refractivity contribution is 7.98. The largest absolute Gasteiger partial charge is 0.345 e. The second-order valence-corrected chi connectivity index (χ2v) is 7.77. The number of carbonyl (C=O) groups is 1. The number of benzene rings is 3. The molecule has 1 N–H and O–H groups in total. The minimum absolute atomic E-state index is 0.0267. The first-order valence-electron chi connectivity index (χ1n) is 8.99. The van der Waals surface area contributed by atoms with Crippen LogP contribution in [0.3, 0.4) is 0 Å². The number of amides is 1. The molecule has 0 bridgehead atoms. The lowest BCUT2D eigenvalue weighted by molar-refractivity contribution is 0.0935. The lowest BCUT2D eigenvalue weighted by Crippen LogP contribution is -2.28. The van der Waals surface area contributed by atoms with E-state index in [9.17, 15) is 4.79 Å². The predicted octanol–water partition coefficient (Wildman–Crippen LogP) is 6.51. The van der Waals surface area contributed by atoms with E-state index in [1.165, 1.54) is 10.5 Å². The second-order valence-electron chi connectivity index (χ2n) is 6.28. The Morgan fingerprint density at radius 3 is 2.26 bits per heavy atom. The Balaban J connectivity index is 1.59. The molecule has 4 heteroatoms. The lowest BCUT2D eigenvalue weighted by atomic mass is 10.0. The summed E-state index contributed by atoms with van der Waals surface area (Å²) in [6.45, 7) is 2.08. The highest BCUT2D eigenvalue weighted by atomic mass is 35.5. The molecule has 0 heterocycles. The molecule has 0 fully saturated rings. The summed E-state index contributed by atoms with van der Waals surface area (Å²) in [6.07, 6.45) is 0.853. The number of rotatable bonds is 7. The Kier molecular flexibility index (Phi) is 6.97. The fourth-order valence-corrected chi connectivity index (χ4v) is 3.78. The molecule has 0 aliphatic carbocycles. The predicted molar refractivity (Wildman–Crippen MR) is 114 cm³/mol. The monoisotopic (exact) mass is 395 g/mol. The lowest BCUT2D eigenvalue weighted by Gasteiger charge is -2.17. The third-order valence-corrected chi connectivity index (χ3v) is 5.69. The Morgan fingerprint density at radius 1 is 0.963 bits per heavy atom. The Hall–Kier alpha value is -2.23. The van der Waals surface area contributed by atoms with Crippen LogP contribution >= 0.6 is 23.4 Å². The fraction of sp³-hybridized carbons (Fsp3) is 0.174. The van der Waals surface area contributed by atoms with E-state index in [4.69, 9.17) is 11.6 Å². The van der Waals surface area contributed by atoms with Gasteiger partial charge in [-0.1, -0.05) is 61.0 Å². The Labute approximate surface area is 170 Å². The molecule has 2 nitrogen and oxygen atoms in total. The molecule has 0 aliphatic rings. The van der Waals surface area contributed by atoms with Gasteiger partial charge in [0.25, 0.3) is 5.91 Å². The number of halogens is 1. The molecule has 1 atom stereocenters. The number of carbonyl (C=O) groups excluding carboxylic acids is 1. The van der Waals surface area contributed by atoms with E-state index >= 15 is 0 Å². The molecule has 138 valence electrons. The third-order valence-electron chi connectivity index (χ3n) is 4.35. The number of nitrogens with one attached hydrogen (secondary N) is 1. The van der Waals surface area contributed by atoms with E-state index in [1.807, 2.05) is 78.9 Å². The molecule has 0 radical (unpaired) electrons. The topological polar surface area (TPSA) is 29.1 Å². The van der Waals surface area contributed by atoms with Crippen molar-refractivity contribution in [2.75, 3.05) is 0 Å². The quantitative estimate of drug-likeness (QED) is 0.462. The molecule has 27 heavy (non-hydrogen) atoms. The number of hydrogen-bond donors (Lipinski definition) is 1. The van der Waals surface area contributed by atoms with E-state index < -0.39 is 0 Å². The van der Waals surface area contributed by atoms with Crippen LogP contribution in [-0.2, 0) is 5.75 Å². The van der Waals surface area contributed by atoms with Crippen LogP contribution < -0.4 is 5.32 Å². The van der Waals surface area contributed by atoms with Crippen molar-refractivity contribution in [3.63, 3.8) is 0 Å². The van der Waals surface area contributed by atoms with Crippen molar-refractivity contribution in [3.05, 3.63) is 101 Å². The van der Waals surface area contributed by atoms with Gasteiger partial charge in [0.15, 0.2) is 0 Å². The Morgan fingerprint density at radius 2 is 1.63 bits per heavy atom. The van der Waals surface area contributed by atoms with Crippen molar-refractivity contribution in [1.82, 2.24) is 5.32 Å². The number of thioether (sulfide) groups is 1. The zero-order valence-corrected chi connectivity index (χ0v) is 16.8. The Bertz CT molecular complexity index is 863. The van der Waals surface area contributed by atoms with Crippen molar-refractivity contribution < 1.29 is 4.79 Å². The third kappa shape index (κ3) is 5.62. The van der Waals surface area contributed by atoms with Crippen LogP contribution in [0.4, 0.5) is 0 Å². The van der Waals surface area contributed by atoms with Gasteiger partial charge in [0.1, 0.15) is 0 Å². The second kappa shape index (κ2) is 9.63. The molecule has 3 rings (SSSR count). The SMILES string of the molecule is CC[C@@H](NC(=O)c1ccc(CSc2ccc(Cl)cc2)cc1)c1ccccc1. The van der Waals surface area contributed by atoms with Crippen LogP contribution in [-0.4, -0.2) is 5.91 Å². The van der Waals surface area contributed by atoms with Gasteiger partial charge in [-0.2, -0.15) is 0 Å². The van der Waals surface area contributed by atoms with Crippen LogP contribution in [0.25, 0.3) is 0 Å². The highest BCUT2D eigenvalue weighted by Gasteiger charge is 2.13. The van der Waals surface area contributed by atoms with E-state index in [-0.39, 0.29) is 11.9 Å². The average Bonchev–Trinajstić information content (AvgIpc) is 2.72. The molecule has 1 amide bonds. The molecular formula is C23H22ClNOS. The first kappa shape index (κ1) is 19.5. The highest BCUT2D eigenvalue weighted by Crippen LogP contribution is 2.24. The maximum Gasteiger partial charge on any atom is 0.251 e. The van der Waals surface area contributed by atoms with E-state index in [1.54, 1.807) is 11.8 Å². The van der Waals surface area contributed by atoms with E-state index in [0.717, 1.165) is 22.8 Å². The summed E-state index contributed by atoms with van der Waals surface area (Å²) in [5.41, 5.74) is 3.00. The summed E-state index contributed by atoms with van der Waals surface area (Å²) < 4.78 is 0. The zero-order chi connectivity index (χ0) is 19.1. The summed E-state index contributed by atoms with van der Waals surface area (Å²) in [7, 11) is 0. The minimum Gasteiger partial charge on any atom is -0.345 e. The number of hydrogen-bond acceptors (Lipinski definition) is 2. The minimum atomic E-state index is -0.0393. The molecule has 3 aromatic carbocycles. The van der Waals surface area contributed by atoms with Crippen molar-refractivity contribution in [1.29, 1.82) is 0 Å². The summed E-state index contributed by atoms with van der Waals surface area (Å²) in [6, 6.07) is 25.7. The van der Waals surface area contributed by atoms with Crippen molar-refractivity contribution >= 4 is 29.3 Å². The van der Waals surface area contributed by atoms with Crippen LogP contribution in [0, 0.1) is 0 Å². The molecule has 0 unspecified atom stereocenters. The molecule has 3 aromatic rings. The zero-order valence-electron chi connectivity index (χ0n) is 15.2. The maximum atomic E-state index is 12.6. The molecular weight excluding hydrogens is 374 g/mol. The summed E-state index contributed by atoms with van der Waals surface area (Å²) >= 11 is 7.66. The average molecular weight is 396 g/mol. The van der Waals surface area contributed by atoms with E-state index in [2.05, 4.69) is 12.2 Å². The van der Waals surface area contributed by atoms with Crippen LogP contribution in [0.15, 0.2) is 83.8 Å². The fourth-order valence-electron chi connectivity index (χ4n) is 2.80. The van der Waals surface area contributed by atoms with Crippen LogP contribution in [0.1, 0.15) is 40.9 Å². The summed E-state index contributed by atoms with van der Waals surface area (Å²) in [5, 5.41) is 3.87. The van der Waals surface area contributed by atoms with Crippen LogP contribution in [0.2, 0.25) is 5.02 Å². The van der Waals surface area contributed by atoms with Crippen molar-refractivity contribution in [3.8, 4) is 0 Å². The van der Waals surface area contributed by atoms with Gasteiger partial charge in [0.2, 0.25) is 0 Å². The van der Waals surface area contributed by atoms with Gasteiger partial charge in [0, 0.05) is 21.2 Å². The maximum absolute atomic E-state index is 12.6. The van der Waals surface area contributed by atoms with Gasteiger partial charge in [-0.05, 0) is 53.9 Å². The molecule has 0 saturated heterocycles. The smallest absolute Gasteiger partial charge is 0.251 e.